The van der Waals surface area contributed by atoms with Crippen molar-refractivity contribution in [3.63, 3.8) is 0 Å². The first-order chi connectivity index (χ1) is 14.9. The number of nitro benzene ring substituents is 1. The van der Waals surface area contributed by atoms with E-state index in [4.69, 9.17) is 5.10 Å². The summed E-state index contributed by atoms with van der Waals surface area (Å²) in [5.41, 5.74) is 4.89. The van der Waals surface area contributed by atoms with E-state index in [1.807, 2.05) is 46.8 Å². The van der Waals surface area contributed by atoms with E-state index in [2.05, 4.69) is 11.8 Å². The van der Waals surface area contributed by atoms with E-state index < -0.39 is 4.92 Å². The molecule has 1 aliphatic rings. The molecule has 1 fully saturated rings. The average molecular weight is 419 g/mol. The maximum absolute atomic E-state index is 12.7. The third-order valence-corrected chi connectivity index (χ3v) is 5.81. The van der Waals surface area contributed by atoms with Crippen LogP contribution < -0.4 is 0 Å². The largest absolute Gasteiger partial charge is 0.336 e. The van der Waals surface area contributed by atoms with E-state index in [1.54, 1.807) is 0 Å². The zero-order valence-corrected chi connectivity index (χ0v) is 17.7. The maximum Gasteiger partial charge on any atom is 0.269 e. The highest BCUT2D eigenvalue weighted by atomic mass is 16.6. The van der Waals surface area contributed by atoms with E-state index in [0.717, 1.165) is 36.7 Å². The van der Waals surface area contributed by atoms with Crippen LogP contribution in [0.2, 0.25) is 0 Å². The number of hydrogen-bond donors (Lipinski definition) is 0. The number of para-hydroxylation sites is 1. The van der Waals surface area contributed by atoms with E-state index in [1.165, 1.54) is 29.8 Å². The first-order valence-corrected chi connectivity index (χ1v) is 10.3. The van der Waals surface area contributed by atoms with Crippen LogP contribution in [0.15, 0.2) is 54.6 Å². The van der Waals surface area contributed by atoms with Crippen LogP contribution >= 0.6 is 0 Å². The molecule has 0 N–H and O–H groups in total. The van der Waals surface area contributed by atoms with Gasteiger partial charge in [-0.2, -0.15) is 5.10 Å². The quantitative estimate of drug-likeness (QED) is 0.468. The summed E-state index contributed by atoms with van der Waals surface area (Å²) in [7, 11) is 0. The van der Waals surface area contributed by atoms with Gasteiger partial charge in [0.05, 0.1) is 16.3 Å². The zero-order valence-electron chi connectivity index (χ0n) is 17.7. The highest BCUT2D eigenvalue weighted by Crippen LogP contribution is 2.21. The Labute approximate surface area is 180 Å². The topological polar surface area (TPSA) is 84.5 Å². The van der Waals surface area contributed by atoms with Gasteiger partial charge in [0.2, 0.25) is 0 Å². The van der Waals surface area contributed by atoms with E-state index in [0.29, 0.717) is 18.7 Å². The summed E-state index contributed by atoms with van der Waals surface area (Å²) in [4.78, 5) is 27.2. The van der Waals surface area contributed by atoms with Crippen LogP contribution in [0, 0.1) is 24.0 Å². The highest BCUT2D eigenvalue weighted by Gasteiger charge is 2.24. The summed E-state index contributed by atoms with van der Waals surface area (Å²) in [6, 6.07) is 15.9. The molecule has 0 unspecified atom stereocenters. The molecule has 0 bridgehead atoms. The standard InChI is InChI=1S/C23H25N5O3/c1-17-22(18(2)27(24-17)20-6-4-3-5-7-20)16-25-12-14-26(15-13-25)23(29)19-8-10-21(11-9-19)28(30)31/h3-11H,12-16H2,1-2H3. The fraction of sp³-hybridized carbons (Fsp3) is 0.304. The second-order valence-corrected chi connectivity index (χ2v) is 7.77. The molecule has 2 aromatic carbocycles. The Kier molecular flexibility index (Phi) is 5.81. The Hall–Kier alpha value is -3.52. The number of aromatic nitrogens is 2. The summed E-state index contributed by atoms with van der Waals surface area (Å²) < 4.78 is 1.99. The van der Waals surface area contributed by atoms with Crippen molar-refractivity contribution in [2.75, 3.05) is 26.2 Å². The van der Waals surface area contributed by atoms with Gasteiger partial charge in [-0.05, 0) is 38.1 Å². The maximum atomic E-state index is 12.7. The number of benzene rings is 2. The molecule has 1 aromatic heterocycles. The monoisotopic (exact) mass is 419 g/mol. The minimum atomic E-state index is -0.461. The van der Waals surface area contributed by atoms with Gasteiger partial charge in [0.15, 0.2) is 0 Å². The lowest BCUT2D eigenvalue weighted by Gasteiger charge is -2.34. The Morgan fingerprint density at radius 3 is 2.26 bits per heavy atom. The van der Waals surface area contributed by atoms with Gasteiger partial charge in [0.25, 0.3) is 11.6 Å². The lowest BCUT2D eigenvalue weighted by atomic mass is 10.1. The van der Waals surface area contributed by atoms with Crippen LogP contribution in [0.4, 0.5) is 5.69 Å². The van der Waals surface area contributed by atoms with Crippen molar-refractivity contribution in [1.82, 2.24) is 19.6 Å². The molecule has 0 atom stereocenters. The van der Waals surface area contributed by atoms with Crippen LogP contribution in [0.5, 0.6) is 0 Å². The average Bonchev–Trinajstić information content (AvgIpc) is 3.08. The van der Waals surface area contributed by atoms with Gasteiger partial charge in [-0.3, -0.25) is 19.8 Å². The second kappa shape index (κ2) is 8.69. The summed E-state index contributed by atoms with van der Waals surface area (Å²) in [6.45, 7) is 7.72. The number of non-ortho nitro benzene ring substituents is 1. The molecule has 0 radical (unpaired) electrons. The van der Waals surface area contributed by atoms with Gasteiger partial charge in [-0.1, -0.05) is 18.2 Å². The van der Waals surface area contributed by atoms with Crippen LogP contribution in [-0.2, 0) is 6.54 Å². The molecule has 1 amide bonds. The number of rotatable bonds is 5. The third-order valence-electron chi connectivity index (χ3n) is 5.81. The van der Waals surface area contributed by atoms with Gasteiger partial charge < -0.3 is 4.90 Å². The second-order valence-electron chi connectivity index (χ2n) is 7.77. The number of carbonyl (C=O) groups excluding carboxylic acids is 1. The molecule has 0 aliphatic carbocycles. The van der Waals surface area contributed by atoms with Crippen molar-refractivity contribution < 1.29 is 9.72 Å². The fourth-order valence-electron chi connectivity index (χ4n) is 3.97. The molecule has 4 rings (SSSR count). The Morgan fingerprint density at radius 2 is 1.65 bits per heavy atom. The SMILES string of the molecule is Cc1nn(-c2ccccc2)c(C)c1CN1CCN(C(=O)c2ccc([N+](=O)[O-])cc2)CC1. The van der Waals surface area contributed by atoms with Crippen molar-refractivity contribution >= 4 is 11.6 Å². The Balaban J connectivity index is 1.39. The van der Waals surface area contributed by atoms with Crippen LogP contribution in [0.25, 0.3) is 5.69 Å². The van der Waals surface area contributed by atoms with Crippen LogP contribution in [0.3, 0.4) is 0 Å². The number of hydrogen-bond acceptors (Lipinski definition) is 5. The molecular weight excluding hydrogens is 394 g/mol. The van der Waals surface area contributed by atoms with Gasteiger partial charge in [-0.25, -0.2) is 4.68 Å². The van der Waals surface area contributed by atoms with Crippen LogP contribution in [0.1, 0.15) is 27.3 Å². The molecule has 1 saturated heterocycles. The van der Waals surface area contributed by atoms with Gasteiger partial charge in [-0.15, -0.1) is 0 Å². The molecule has 8 heteroatoms. The molecule has 3 aromatic rings. The fourth-order valence-corrected chi connectivity index (χ4v) is 3.97. The number of carbonyl (C=O) groups is 1. The lowest BCUT2D eigenvalue weighted by Crippen LogP contribution is -2.48. The smallest absolute Gasteiger partial charge is 0.269 e. The molecule has 1 aliphatic heterocycles. The molecular formula is C23H25N5O3. The van der Waals surface area contributed by atoms with Crippen molar-refractivity contribution in [3.8, 4) is 5.69 Å². The number of nitrogens with zero attached hydrogens (tertiary/aromatic N) is 5. The van der Waals surface area contributed by atoms with E-state index >= 15 is 0 Å². The van der Waals surface area contributed by atoms with Crippen molar-refractivity contribution in [1.29, 1.82) is 0 Å². The third kappa shape index (κ3) is 4.34. The van der Waals surface area contributed by atoms with Crippen molar-refractivity contribution in [2.24, 2.45) is 0 Å². The molecule has 8 nitrogen and oxygen atoms in total. The number of amides is 1. The molecule has 160 valence electrons. The first kappa shape index (κ1) is 20.7. The lowest BCUT2D eigenvalue weighted by molar-refractivity contribution is -0.384. The zero-order chi connectivity index (χ0) is 22.0. The highest BCUT2D eigenvalue weighted by molar-refractivity contribution is 5.94. The number of piperazine rings is 1. The minimum Gasteiger partial charge on any atom is -0.336 e. The summed E-state index contributed by atoms with van der Waals surface area (Å²) >= 11 is 0. The van der Waals surface area contributed by atoms with E-state index in [-0.39, 0.29) is 11.6 Å². The summed E-state index contributed by atoms with van der Waals surface area (Å²) in [5, 5.41) is 15.5. The van der Waals surface area contributed by atoms with E-state index in [9.17, 15) is 14.9 Å². The van der Waals surface area contributed by atoms with Crippen molar-refractivity contribution in [3.05, 3.63) is 87.2 Å². The van der Waals surface area contributed by atoms with Gasteiger partial charge >= 0.3 is 0 Å². The minimum absolute atomic E-state index is 0.0110. The predicted molar refractivity (Wildman–Crippen MR) is 117 cm³/mol. The summed E-state index contributed by atoms with van der Waals surface area (Å²) in [6.07, 6.45) is 0. The normalized spacial score (nSPS) is 14.6. The van der Waals surface area contributed by atoms with Gasteiger partial charge in [0, 0.05) is 61.7 Å². The molecule has 0 spiro atoms. The molecule has 31 heavy (non-hydrogen) atoms. The van der Waals surface area contributed by atoms with Gasteiger partial charge in [0.1, 0.15) is 0 Å². The number of nitro groups is 1. The predicted octanol–water partition coefficient (Wildman–Crippen LogP) is 3.36. The summed E-state index contributed by atoms with van der Waals surface area (Å²) in [5.74, 6) is -0.0844. The Morgan fingerprint density at radius 1 is 1.00 bits per heavy atom. The Bertz CT molecular complexity index is 1080. The number of aryl methyl sites for hydroxylation is 1. The molecule has 0 saturated carbocycles. The molecule has 2 heterocycles. The van der Waals surface area contributed by atoms with Crippen LogP contribution in [-0.4, -0.2) is 56.6 Å². The van der Waals surface area contributed by atoms with Crippen molar-refractivity contribution in [2.45, 2.75) is 20.4 Å². The first-order valence-electron chi connectivity index (χ1n) is 10.3.